The summed E-state index contributed by atoms with van der Waals surface area (Å²) in [5.74, 6) is -1.85. The summed E-state index contributed by atoms with van der Waals surface area (Å²) < 4.78 is 0.690. The number of hydrogen-bond donors (Lipinski definition) is 1. The molecule has 2 atom stereocenters. The Morgan fingerprint density at radius 2 is 2.00 bits per heavy atom. The number of hydrogen-bond acceptors (Lipinski definition) is 7. The molecule has 7 nitrogen and oxygen atoms in total. The molecule has 2 N–H and O–H groups in total. The van der Waals surface area contributed by atoms with Gasteiger partial charge >= 0.3 is 5.97 Å². The molecule has 1 aliphatic heterocycles. The highest BCUT2D eigenvalue weighted by molar-refractivity contribution is 9.10. The van der Waals surface area contributed by atoms with Gasteiger partial charge in [0.1, 0.15) is 0 Å². The summed E-state index contributed by atoms with van der Waals surface area (Å²) in [6.45, 7) is 1.53. The normalized spacial score (nSPS) is 26.6. The summed E-state index contributed by atoms with van der Waals surface area (Å²) in [5.41, 5.74) is 2.89. The lowest BCUT2D eigenvalue weighted by atomic mass is 9.62. The first-order chi connectivity index (χ1) is 11.9. The van der Waals surface area contributed by atoms with Gasteiger partial charge in [0.05, 0.1) is 29.5 Å². The number of allylic oxidation sites excluding steroid dienone is 1. The number of carbonyl (C=O) groups is 1. The Bertz CT molecular complexity index is 978. The molecule has 0 bridgehead atoms. The van der Waals surface area contributed by atoms with Crippen LogP contribution in [0, 0.1) is 44.8 Å². The van der Waals surface area contributed by atoms with Gasteiger partial charge in [-0.25, -0.2) is 4.79 Å². The van der Waals surface area contributed by atoms with Crippen LogP contribution in [0.15, 0.2) is 45.2 Å². The van der Waals surface area contributed by atoms with Crippen molar-refractivity contribution in [3.05, 3.63) is 45.6 Å². The molecular formula is C17H10BrN5O2. The Hall–Kier alpha value is -3.15. The first kappa shape index (κ1) is 16.7. The van der Waals surface area contributed by atoms with E-state index < -0.39 is 22.7 Å². The third-order valence-electron chi connectivity index (χ3n) is 4.76. The monoisotopic (exact) mass is 395 g/mol. The van der Waals surface area contributed by atoms with E-state index in [0.29, 0.717) is 10.0 Å². The molecule has 0 fully saturated rings. The molecule has 1 aromatic carbocycles. The van der Waals surface area contributed by atoms with E-state index in [1.54, 1.807) is 24.3 Å². The minimum Gasteiger partial charge on any atom is -0.400 e. The molecule has 0 amide bonds. The van der Waals surface area contributed by atoms with Crippen molar-refractivity contribution in [2.75, 3.05) is 0 Å². The lowest BCUT2D eigenvalue weighted by molar-refractivity contribution is -0.147. The van der Waals surface area contributed by atoms with Crippen molar-refractivity contribution in [1.82, 2.24) is 0 Å². The summed E-state index contributed by atoms with van der Waals surface area (Å²) >= 11 is 3.34. The molecule has 122 valence electrons. The van der Waals surface area contributed by atoms with Gasteiger partial charge in [0, 0.05) is 16.1 Å². The molecule has 1 heterocycles. The van der Waals surface area contributed by atoms with Crippen molar-refractivity contribution < 1.29 is 9.63 Å². The van der Waals surface area contributed by atoms with E-state index in [1.165, 1.54) is 6.92 Å². The number of nitrogens with two attached hydrogens (primary N) is 1. The molecule has 25 heavy (non-hydrogen) atoms. The maximum Gasteiger partial charge on any atom is 0.353 e. The van der Waals surface area contributed by atoms with Crippen LogP contribution < -0.4 is 5.73 Å². The van der Waals surface area contributed by atoms with Crippen LogP contribution in [-0.4, -0.2) is 11.7 Å². The van der Waals surface area contributed by atoms with Crippen molar-refractivity contribution in [2.45, 2.75) is 12.8 Å². The SMILES string of the molecule is CC1=NOC(=O)C12C(N)=C(C#N)C(C#N)(C#N)C2c1cccc(Br)c1. The molecule has 2 aliphatic rings. The summed E-state index contributed by atoms with van der Waals surface area (Å²) in [4.78, 5) is 17.5. The largest absolute Gasteiger partial charge is 0.400 e. The van der Waals surface area contributed by atoms with E-state index in [2.05, 4.69) is 21.1 Å². The molecule has 3 rings (SSSR count). The highest BCUT2D eigenvalue weighted by Crippen LogP contribution is 2.62. The Morgan fingerprint density at radius 3 is 2.48 bits per heavy atom. The fourth-order valence-corrected chi connectivity index (χ4v) is 4.08. The van der Waals surface area contributed by atoms with Crippen LogP contribution in [0.2, 0.25) is 0 Å². The lowest BCUT2D eigenvalue weighted by Crippen LogP contribution is -2.45. The van der Waals surface area contributed by atoms with Crippen LogP contribution in [0.4, 0.5) is 0 Å². The van der Waals surface area contributed by atoms with Crippen molar-refractivity contribution >= 4 is 27.6 Å². The summed E-state index contributed by atoms with van der Waals surface area (Å²) in [7, 11) is 0. The van der Waals surface area contributed by atoms with E-state index in [1.807, 2.05) is 18.2 Å². The molecule has 0 radical (unpaired) electrons. The van der Waals surface area contributed by atoms with Gasteiger partial charge < -0.3 is 10.6 Å². The second kappa shape index (κ2) is 5.44. The topological polar surface area (TPSA) is 136 Å². The predicted octanol–water partition coefficient (Wildman–Crippen LogP) is 2.24. The molecule has 0 aromatic heterocycles. The van der Waals surface area contributed by atoms with Crippen LogP contribution in [0.1, 0.15) is 18.4 Å². The summed E-state index contributed by atoms with van der Waals surface area (Å²) in [5, 5.41) is 33.0. The number of carbonyl (C=O) groups excluding carboxylic acids is 1. The van der Waals surface area contributed by atoms with Crippen LogP contribution in [0.5, 0.6) is 0 Å². The van der Waals surface area contributed by atoms with Gasteiger partial charge in [0.15, 0.2) is 10.8 Å². The van der Waals surface area contributed by atoms with Gasteiger partial charge in [-0.3, -0.25) is 0 Å². The second-order valence-corrected chi connectivity index (χ2v) is 6.70. The first-order valence-electron chi connectivity index (χ1n) is 7.15. The van der Waals surface area contributed by atoms with Crippen LogP contribution in [0.3, 0.4) is 0 Å². The molecule has 1 aromatic rings. The Morgan fingerprint density at radius 1 is 1.32 bits per heavy atom. The van der Waals surface area contributed by atoms with Crippen molar-refractivity contribution in [3.63, 3.8) is 0 Å². The number of halogens is 1. The Balaban J connectivity index is 2.46. The number of rotatable bonds is 1. The molecule has 2 unspecified atom stereocenters. The number of benzene rings is 1. The van der Waals surface area contributed by atoms with Crippen LogP contribution >= 0.6 is 15.9 Å². The fourth-order valence-electron chi connectivity index (χ4n) is 3.67. The Labute approximate surface area is 151 Å². The standard InChI is InChI=1S/C17H10BrN5O2/c1-9-17(15(24)25-23-9)13(10-3-2-4-11(18)5-10)16(7-20,8-21)12(6-19)14(17)22/h2-5,13H,22H2,1H3. The van der Waals surface area contributed by atoms with Crippen molar-refractivity contribution in [3.8, 4) is 18.2 Å². The highest BCUT2D eigenvalue weighted by atomic mass is 79.9. The van der Waals surface area contributed by atoms with Gasteiger partial charge in [0.2, 0.25) is 0 Å². The highest BCUT2D eigenvalue weighted by Gasteiger charge is 2.71. The number of oxime groups is 1. The maximum absolute atomic E-state index is 12.7. The zero-order valence-corrected chi connectivity index (χ0v) is 14.5. The first-order valence-corrected chi connectivity index (χ1v) is 7.94. The van der Waals surface area contributed by atoms with Crippen molar-refractivity contribution in [2.24, 2.45) is 21.7 Å². The van der Waals surface area contributed by atoms with Crippen LogP contribution in [0.25, 0.3) is 0 Å². The number of nitriles is 3. The van der Waals surface area contributed by atoms with E-state index in [4.69, 9.17) is 10.6 Å². The van der Waals surface area contributed by atoms with Gasteiger partial charge in [-0.15, -0.1) is 0 Å². The van der Waals surface area contributed by atoms with E-state index >= 15 is 0 Å². The fraction of sp³-hybridized carbons (Fsp3) is 0.235. The maximum atomic E-state index is 12.7. The molecule has 0 saturated carbocycles. The minimum atomic E-state index is -1.93. The molecule has 8 heteroatoms. The third kappa shape index (κ3) is 1.82. The predicted molar refractivity (Wildman–Crippen MR) is 89.0 cm³/mol. The summed E-state index contributed by atoms with van der Waals surface area (Å²) in [6.07, 6.45) is 0. The average Bonchev–Trinajstić information content (AvgIpc) is 3.02. The van der Waals surface area contributed by atoms with E-state index in [9.17, 15) is 20.6 Å². The lowest BCUT2D eigenvalue weighted by Gasteiger charge is -2.33. The zero-order valence-electron chi connectivity index (χ0n) is 12.9. The zero-order chi connectivity index (χ0) is 18.4. The van der Waals surface area contributed by atoms with Crippen molar-refractivity contribution in [1.29, 1.82) is 15.8 Å². The molecule has 1 spiro atoms. The van der Waals surface area contributed by atoms with Gasteiger partial charge in [0.25, 0.3) is 0 Å². The van der Waals surface area contributed by atoms with E-state index in [0.717, 1.165) is 0 Å². The van der Waals surface area contributed by atoms with Crippen LogP contribution in [-0.2, 0) is 9.63 Å². The van der Waals surface area contributed by atoms with E-state index in [-0.39, 0.29) is 17.0 Å². The number of nitrogens with zero attached hydrogens (tertiary/aromatic N) is 4. The molecule has 0 saturated heterocycles. The van der Waals surface area contributed by atoms with Gasteiger partial charge in [-0.05, 0) is 24.6 Å². The van der Waals surface area contributed by atoms with Gasteiger partial charge in [-0.2, -0.15) is 15.8 Å². The third-order valence-corrected chi connectivity index (χ3v) is 5.25. The average molecular weight is 396 g/mol. The molecule has 1 aliphatic carbocycles. The van der Waals surface area contributed by atoms with Gasteiger partial charge in [-0.1, -0.05) is 33.2 Å². The minimum absolute atomic E-state index is 0.160. The second-order valence-electron chi connectivity index (χ2n) is 5.78. The molecular weight excluding hydrogens is 386 g/mol. The smallest absolute Gasteiger partial charge is 0.353 e. The quantitative estimate of drug-likeness (QED) is 0.723. The Kier molecular flexibility index (Phi) is 3.64. The summed E-state index contributed by atoms with van der Waals surface area (Å²) in [6, 6.07) is 12.5.